The molecule has 2 aromatic carbocycles. The molecule has 1 heterocycles. The first-order chi connectivity index (χ1) is 11.4. The molecular weight excluding hydrogens is 312 g/mol. The molecule has 3 nitrogen and oxygen atoms in total. The van der Waals surface area contributed by atoms with E-state index in [0.29, 0.717) is 17.7 Å². The van der Waals surface area contributed by atoms with E-state index in [1.165, 1.54) is 24.3 Å². The van der Waals surface area contributed by atoms with E-state index in [9.17, 15) is 13.6 Å². The Morgan fingerprint density at radius 1 is 1.08 bits per heavy atom. The Morgan fingerprint density at radius 3 is 2.08 bits per heavy atom. The second-order valence-corrected chi connectivity index (χ2v) is 6.40. The average Bonchev–Trinajstić information content (AvgIpc) is 2.57. The molecule has 1 atom stereocenters. The van der Waals surface area contributed by atoms with Gasteiger partial charge in [-0.2, -0.15) is 0 Å². The summed E-state index contributed by atoms with van der Waals surface area (Å²) in [5, 5.41) is 0. The molecule has 0 bridgehead atoms. The number of likely N-dealkylation sites (N-methyl/N-ethyl adjacent to an activating group) is 1. The van der Waals surface area contributed by atoms with E-state index in [1.807, 2.05) is 14.0 Å². The third-order valence-electron chi connectivity index (χ3n) is 4.90. The minimum Gasteiger partial charge on any atom is -0.345 e. The van der Waals surface area contributed by atoms with Gasteiger partial charge >= 0.3 is 5.91 Å². The van der Waals surface area contributed by atoms with Crippen molar-refractivity contribution in [1.82, 2.24) is 0 Å². The number of morpholine rings is 1. The third-order valence-corrected chi connectivity index (χ3v) is 4.90. The number of amides is 1. The van der Waals surface area contributed by atoms with Crippen LogP contribution in [0, 0.1) is 11.6 Å². The number of carbonyl (C=O) groups excluding carboxylic acids is 1. The van der Waals surface area contributed by atoms with Crippen molar-refractivity contribution in [3.05, 3.63) is 71.3 Å². The molecule has 126 valence electrons. The highest BCUT2D eigenvalue weighted by molar-refractivity contribution is 5.71. The van der Waals surface area contributed by atoms with Gasteiger partial charge in [0.25, 0.3) is 0 Å². The minimum atomic E-state index is -1.07. The zero-order chi connectivity index (χ0) is 17.4. The number of hydrogen-bond donors (Lipinski definition) is 0. The van der Waals surface area contributed by atoms with Crippen LogP contribution < -0.4 is 0 Å². The maximum Gasteiger partial charge on any atom is 0.339 e. The van der Waals surface area contributed by atoms with Gasteiger partial charge in [-0.25, -0.2) is 13.6 Å². The first kappa shape index (κ1) is 16.7. The van der Waals surface area contributed by atoms with Crippen LogP contribution in [0.3, 0.4) is 0 Å². The lowest BCUT2D eigenvalue weighted by atomic mass is 9.83. The number of hydrogen-bond acceptors (Lipinski definition) is 2. The molecular formula is C19H20F2NO2+. The van der Waals surface area contributed by atoms with Crippen molar-refractivity contribution in [2.75, 3.05) is 26.7 Å². The Bertz CT molecular complexity index is 732. The molecule has 5 heteroatoms. The first-order valence-electron chi connectivity index (χ1n) is 7.94. The summed E-state index contributed by atoms with van der Waals surface area (Å²) in [6.07, 6.45) is 0. The van der Waals surface area contributed by atoms with Crippen molar-refractivity contribution < 1.29 is 22.8 Å². The van der Waals surface area contributed by atoms with Gasteiger partial charge in [0.05, 0.1) is 13.6 Å². The van der Waals surface area contributed by atoms with Crippen molar-refractivity contribution in [2.45, 2.75) is 12.5 Å². The van der Waals surface area contributed by atoms with Gasteiger partial charge in [-0.3, -0.25) is 4.48 Å². The van der Waals surface area contributed by atoms with Gasteiger partial charge in [-0.05, 0) is 42.3 Å². The molecule has 1 fully saturated rings. The molecule has 1 saturated heterocycles. The quantitative estimate of drug-likeness (QED) is 0.807. The summed E-state index contributed by atoms with van der Waals surface area (Å²) in [5.74, 6) is -0.829. The Morgan fingerprint density at radius 2 is 1.62 bits per heavy atom. The lowest BCUT2D eigenvalue weighted by Gasteiger charge is -2.45. The Balaban J connectivity index is 2.20. The van der Waals surface area contributed by atoms with E-state index in [1.54, 1.807) is 24.3 Å². The zero-order valence-electron chi connectivity index (χ0n) is 13.8. The molecule has 1 aliphatic rings. The molecule has 1 unspecified atom stereocenters. The Hall–Kier alpha value is -2.11. The number of carbonyl (C=O) groups is 1. The van der Waals surface area contributed by atoms with Crippen molar-refractivity contribution in [3.8, 4) is 0 Å². The van der Waals surface area contributed by atoms with Crippen molar-refractivity contribution in [2.24, 2.45) is 0 Å². The summed E-state index contributed by atoms with van der Waals surface area (Å²) in [6, 6.07) is 12.2. The highest BCUT2D eigenvalue weighted by atomic mass is 19.1. The fourth-order valence-electron chi connectivity index (χ4n) is 3.25. The van der Waals surface area contributed by atoms with Crippen LogP contribution in [-0.2, 0) is 15.1 Å². The molecule has 0 N–H and O–H groups in total. The van der Waals surface area contributed by atoms with E-state index in [4.69, 9.17) is 4.74 Å². The summed E-state index contributed by atoms with van der Waals surface area (Å²) in [6.45, 7) is 2.69. The van der Waals surface area contributed by atoms with E-state index in [2.05, 4.69) is 0 Å². The fraction of sp³-hybridized carbons (Fsp3) is 0.316. The van der Waals surface area contributed by atoms with Gasteiger partial charge in [-0.15, -0.1) is 0 Å². The molecule has 1 aliphatic heterocycles. The van der Waals surface area contributed by atoms with Gasteiger partial charge < -0.3 is 4.74 Å². The van der Waals surface area contributed by atoms with Crippen LogP contribution in [-0.4, -0.2) is 37.1 Å². The SMILES string of the molecule is CC[N+]1(C)CC(c2cccc(F)c2)(c2cccc(F)c2)OCC1=O. The summed E-state index contributed by atoms with van der Waals surface area (Å²) >= 11 is 0. The van der Waals surface area contributed by atoms with Crippen LogP contribution in [0.1, 0.15) is 18.1 Å². The maximum atomic E-state index is 13.8. The van der Waals surface area contributed by atoms with E-state index in [-0.39, 0.29) is 23.5 Å². The molecule has 3 rings (SSSR count). The molecule has 0 radical (unpaired) electrons. The summed E-state index contributed by atoms with van der Waals surface area (Å²) in [4.78, 5) is 12.3. The zero-order valence-corrected chi connectivity index (χ0v) is 13.8. The predicted octanol–water partition coefficient (Wildman–Crippen LogP) is 3.23. The average molecular weight is 332 g/mol. The summed E-state index contributed by atoms with van der Waals surface area (Å²) in [5.41, 5.74) is 0.0971. The maximum absolute atomic E-state index is 13.8. The lowest BCUT2D eigenvalue weighted by molar-refractivity contribution is -0.847. The van der Waals surface area contributed by atoms with Gasteiger partial charge in [0, 0.05) is 0 Å². The molecule has 0 saturated carbocycles. The van der Waals surface area contributed by atoms with Crippen LogP contribution >= 0.6 is 0 Å². The fourth-order valence-corrected chi connectivity index (χ4v) is 3.25. The number of ether oxygens (including phenoxy) is 1. The van der Waals surface area contributed by atoms with Gasteiger partial charge in [-0.1, -0.05) is 24.3 Å². The van der Waals surface area contributed by atoms with Crippen LogP contribution in [0.15, 0.2) is 48.5 Å². The highest BCUT2D eigenvalue weighted by Gasteiger charge is 2.50. The highest BCUT2D eigenvalue weighted by Crippen LogP contribution is 2.39. The largest absolute Gasteiger partial charge is 0.345 e. The molecule has 1 amide bonds. The lowest BCUT2D eigenvalue weighted by Crippen LogP contribution is -2.63. The van der Waals surface area contributed by atoms with E-state index in [0.717, 1.165) is 0 Å². The second kappa shape index (κ2) is 6.07. The second-order valence-electron chi connectivity index (χ2n) is 6.40. The smallest absolute Gasteiger partial charge is 0.339 e. The van der Waals surface area contributed by atoms with Crippen LogP contribution in [0.4, 0.5) is 8.78 Å². The number of benzene rings is 2. The molecule has 2 aromatic rings. The van der Waals surface area contributed by atoms with Gasteiger partial charge in [0.15, 0.2) is 12.2 Å². The first-order valence-corrected chi connectivity index (χ1v) is 7.94. The summed E-state index contributed by atoms with van der Waals surface area (Å²) < 4.78 is 33.8. The van der Waals surface area contributed by atoms with Crippen LogP contribution in [0.5, 0.6) is 0 Å². The molecule has 24 heavy (non-hydrogen) atoms. The number of nitrogens with zero attached hydrogens (tertiary/aromatic N) is 1. The normalized spacial score (nSPS) is 23.2. The van der Waals surface area contributed by atoms with Gasteiger partial charge in [0.2, 0.25) is 0 Å². The standard InChI is InChI=1S/C19H20F2NO2/c1-3-22(2)13-19(24-12-18(22)23,14-6-4-8-16(20)10-14)15-7-5-9-17(21)11-15/h4-11H,3,12-13H2,1-2H3/q+1. The minimum absolute atomic E-state index is 0.0408. The monoisotopic (exact) mass is 332 g/mol. The third kappa shape index (κ3) is 2.74. The van der Waals surface area contributed by atoms with Crippen molar-refractivity contribution in [1.29, 1.82) is 0 Å². The molecule has 0 spiro atoms. The molecule has 0 aliphatic carbocycles. The number of rotatable bonds is 3. The number of quaternary nitrogens is 1. The van der Waals surface area contributed by atoms with E-state index >= 15 is 0 Å². The topological polar surface area (TPSA) is 26.3 Å². The Labute approximate surface area is 140 Å². The van der Waals surface area contributed by atoms with Crippen LogP contribution in [0.2, 0.25) is 0 Å². The van der Waals surface area contributed by atoms with Crippen molar-refractivity contribution in [3.63, 3.8) is 0 Å². The molecule has 0 aromatic heterocycles. The summed E-state index contributed by atoms with van der Waals surface area (Å²) in [7, 11) is 1.83. The van der Waals surface area contributed by atoms with Gasteiger partial charge in [0.1, 0.15) is 18.2 Å². The van der Waals surface area contributed by atoms with E-state index < -0.39 is 17.2 Å². The number of halogens is 2. The van der Waals surface area contributed by atoms with Crippen LogP contribution in [0.25, 0.3) is 0 Å². The predicted molar refractivity (Wildman–Crippen MR) is 86.1 cm³/mol. The Kier molecular flexibility index (Phi) is 4.24. The van der Waals surface area contributed by atoms with Crippen molar-refractivity contribution >= 4 is 5.91 Å².